The third-order valence-corrected chi connectivity index (χ3v) is 3.13. The second-order valence-electron chi connectivity index (χ2n) is 4.52. The molecule has 0 atom stereocenters. The maximum atomic E-state index is 5.52. The van der Waals surface area contributed by atoms with Crippen LogP contribution in [0.15, 0.2) is 42.7 Å². The van der Waals surface area contributed by atoms with Crippen LogP contribution in [0.25, 0.3) is 0 Å². The largest absolute Gasteiger partial charge is 0.335 e. The fourth-order valence-corrected chi connectivity index (χ4v) is 2.10. The first-order chi connectivity index (χ1) is 8.90. The van der Waals surface area contributed by atoms with Gasteiger partial charge in [-0.15, -0.1) is 0 Å². The van der Waals surface area contributed by atoms with Crippen molar-refractivity contribution in [3.05, 3.63) is 54.1 Å². The fourth-order valence-electron chi connectivity index (χ4n) is 2.10. The van der Waals surface area contributed by atoms with E-state index in [0.29, 0.717) is 0 Å². The molecule has 0 unspecified atom stereocenters. The molecule has 2 rings (SSSR count). The van der Waals surface area contributed by atoms with Gasteiger partial charge in [-0.1, -0.05) is 30.3 Å². The lowest BCUT2D eigenvalue weighted by Crippen LogP contribution is -2.07. The third-order valence-electron chi connectivity index (χ3n) is 3.13. The lowest BCUT2D eigenvalue weighted by molar-refractivity contribution is 0.587. The van der Waals surface area contributed by atoms with Crippen molar-refractivity contribution in [2.24, 2.45) is 5.73 Å². The Labute approximate surface area is 109 Å². The summed E-state index contributed by atoms with van der Waals surface area (Å²) in [7, 11) is 0. The van der Waals surface area contributed by atoms with E-state index in [9.17, 15) is 0 Å². The first kappa shape index (κ1) is 12.8. The van der Waals surface area contributed by atoms with Crippen molar-refractivity contribution in [1.29, 1.82) is 0 Å². The highest BCUT2D eigenvalue weighted by atomic mass is 15.1. The van der Waals surface area contributed by atoms with Crippen LogP contribution in [0.1, 0.15) is 24.2 Å². The maximum Gasteiger partial charge on any atom is 0.108 e. The summed E-state index contributed by atoms with van der Waals surface area (Å²) in [5.74, 6) is 1.18. The maximum absolute atomic E-state index is 5.52. The van der Waals surface area contributed by atoms with E-state index in [2.05, 4.69) is 46.1 Å². The minimum Gasteiger partial charge on any atom is -0.335 e. The average Bonchev–Trinajstić information content (AvgIpc) is 2.86. The first-order valence-electron chi connectivity index (χ1n) is 6.64. The molecule has 0 saturated carbocycles. The van der Waals surface area contributed by atoms with Crippen molar-refractivity contribution >= 4 is 0 Å². The minimum absolute atomic E-state index is 0.772. The number of hydrogen-bond donors (Lipinski definition) is 1. The summed E-state index contributed by atoms with van der Waals surface area (Å²) < 4.78 is 2.25. The Balaban J connectivity index is 1.87. The summed E-state index contributed by atoms with van der Waals surface area (Å²) in [6, 6.07) is 10.6. The molecule has 0 bridgehead atoms. The second-order valence-corrected chi connectivity index (χ2v) is 4.52. The van der Waals surface area contributed by atoms with Crippen LogP contribution in [0.2, 0.25) is 0 Å². The van der Waals surface area contributed by atoms with Crippen molar-refractivity contribution in [2.75, 3.05) is 6.54 Å². The number of hydrogen-bond acceptors (Lipinski definition) is 2. The molecule has 0 aliphatic heterocycles. The van der Waals surface area contributed by atoms with E-state index in [1.165, 1.54) is 11.4 Å². The smallest absolute Gasteiger partial charge is 0.108 e. The summed E-state index contributed by atoms with van der Waals surface area (Å²) >= 11 is 0. The molecule has 96 valence electrons. The summed E-state index contributed by atoms with van der Waals surface area (Å²) in [5, 5.41) is 0. The topological polar surface area (TPSA) is 43.8 Å². The third kappa shape index (κ3) is 3.70. The Morgan fingerprint density at radius 3 is 2.67 bits per heavy atom. The Morgan fingerprint density at radius 1 is 1.06 bits per heavy atom. The van der Waals surface area contributed by atoms with Crippen LogP contribution in [-0.4, -0.2) is 16.1 Å². The first-order valence-corrected chi connectivity index (χ1v) is 6.64. The van der Waals surface area contributed by atoms with E-state index in [0.717, 1.165) is 38.8 Å². The van der Waals surface area contributed by atoms with Gasteiger partial charge < -0.3 is 10.3 Å². The van der Waals surface area contributed by atoms with E-state index in [4.69, 9.17) is 5.73 Å². The van der Waals surface area contributed by atoms with Crippen LogP contribution >= 0.6 is 0 Å². The van der Waals surface area contributed by atoms with Crippen molar-refractivity contribution < 1.29 is 0 Å². The number of benzene rings is 1. The number of imidazole rings is 1. The number of nitrogens with zero attached hydrogens (tertiary/aromatic N) is 2. The summed E-state index contributed by atoms with van der Waals surface area (Å²) in [6.07, 6.45) is 8.22. The number of aromatic nitrogens is 2. The highest BCUT2D eigenvalue weighted by molar-refractivity contribution is 5.15. The highest BCUT2D eigenvalue weighted by Crippen LogP contribution is 2.07. The van der Waals surface area contributed by atoms with Crippen LogP contribution in [-0.2, 0) is 19.4 Å². The van der Waals surface area contributed by atoms with Crippen LogP contribution < -0.4 is 5.73 Å². The standard InChI is InChI=1S/C15H21N3/c16-10-4-5-12-18-13-11-17-15(18)9-8-14-6-2-1-3-7-14/h1-3,6-7,11,13H,4-5,8-10,12,16H2. The SMILES string of the molecule is NCCCCn1ccnc1CCc1ccccc1. The molecule has 0 amide bonds. The second kappa shape index (κ2) is 6.97. The summed E-state index contributed by atoms with van der Waals surface area (Å²) in [5.41, 5.74) is 6.89. The fraction of sp³-hybridized carbons (Fsp3) is 0.400. The van der Waals surface area contributed by atoms with E-state index in [1.54, 1.807) is 0 Å². The van der Waals surface area contributed by atoms with Gasteiger partial charge in [0.25, 0.3) is 0 Å². The number of unbranched alkanes of at least 4 members (excludes halogenated alkanes) is 1. The van der Waals surface area contributed by atoms with Crippen LogP contribution in [0.3, 0.4) is 0 Å². The van der Waals surface area contributed by atoms with Crippen LogP contribution in [0, 0.1) is 0 Å². The average molecular weight is 243 g/mol. The number of rotatable bonds is 7. The Bertz CT molecular complexity index is 448. The number of nitrogens with two attached hydrogens (primary N) is 1. The van der Waals surface area contributed by atoms with Gasteiger partial charge in [-0.25, -0.2) is 4.98 Å². The van der Waals surface area contributed by atoms with Crippen molar-refractivity contribution in [3.8, 4) is 0 Å². The Morgan fingerprint density at radius 2 is 1.89 bits per heavy atom. The monoisotopic (exact) mass is 243 g/mol. The van der Waals surface area contributed by atoms with Gasteiger partial charge in [-0.3, -0.25) is 0 Å². The molecule has 0 aliphatic carbocycles. The molecule has 0 spiro atoms. The molecular weight excluding hydrogens is 222 g/mol. The molecule has 0 radical (unpaired) electrons. The molecule has 2 aromatic rings. The molecule has 1 aromatic carbocycles. The normalized spacial score (nSPS) is 10.7. The van der Waals surface area contributed by atoms with Gasteiger partial charge in [0.05, 0.1) is 0 Å². The van der Waals surface area contributed by atoms with Crippen LogP contribution in [0.4, 0.5) is 0 Å². The summed E-state index contributed by atoms with van der Waals surface area (Å²) in [6.45, 7) is 1.80. The summed E-state index contributed by atoms with van der Waals surface area (Å²) in [4.78, 5) is 4.44. The molecule has 2 N–H and O–H groups in total. The number of aryl methyl sites for hydroxylation is 3. The molecule has 1 heterocycles. The molecule has 1 aromatic heterocycles. The van der Waals surface area contributed by atoms with Gasteiger partial charge in [0.2, 0.25) is 0 Å². The molecule has 0 fully saturated rings. The molecule has 18 heavy (non-hydrogen) atoms. The minimum atomic E-state index is 0.772. The van der Waals surface area contributed by atoms with E-state index >= 15 is 0 Å². The van der Waals surface area contributed by atoms with E-state index in [1.807, 2.05) is 6.20 Å². The zero-order chi connectivity index (χ0) is 12.6. The van der Waals surface area contributed by atoms with Gasteiger partial charge in [0.15, 0.2) is 0 Å². The van der Waals surface area contributed by atoms with Gasteiger partial charge in [0.1, 0.15) is 5.82 Å². The van der Waals surface area contributed by atoms with Crippen molar-refractivity contribution in [3.63, 3.8) is 0 Å². The van der Waals surface area contributed by atoms with E-state index in [-0.39, 0.29) is 0 Å². The van der Waals surface area contributed by atoms with E-state index < -0.39 is 0 Å². The molecule has 3 heteroatoms. The van der Waals surface area contributed by atoms with Gasteiger partial charge in [0, 0.05) is 25.4 Å². The van der Waals surface area contributed by atoms with Crippen molar-refractivity contribution in [1.82, 2.24) is 9.55 Å². The predicted octanol–water partition coefficient (Wildman–Crippen LogP) is 2.41. The zero-order valence-electron chi connectivity index (χ0n) is 10.8. The van der Waals surface area contributed by atoms with Gasteiger partial charge >= 0.3 is 0 Å². The van der Waals surface area contributed by atoms with Gasteiger partial charge in [-0.05, 0) is 31.4 Å². The molecule has 0 aliphatic rings. The quantitative estimate of drug-likeness (QED) is 0.759. The van der Waals surface area contributed by atoms with Crippen LogP contribution in [0.5, 0.6) is 0 Å². The predicted molar refractivity (Wildman–Crippen MR) is 74.4 cm³/mol. The molecular formula is C15H21N3. The highest BCUT2D eigenvalue weighted by Gasteiger charge is 2.02. The Hall–Kier alpha value is -1.61. The van der Waals surface area contributed by atoms with Gasteiger partial charge in [-0.2, -0.15) is 0 Å². The zero-order valence-corrected chi connectivity index (χ0v) is 10.8. The Kier molecular flexibility index (Phi) is 4.97. The molecule has 0 saturated heterocycles. The lowest BCUT2D eigenvalue weighted by Gasteiger charge is -2.07. The van der Waals surface area contributed by atoms with Crippen molar-refractivity contribution in [2.45, 2.75) is 32.2 Å². The lowest BCUT2D eigenvalue weighted by atomic mass is 10.1. The molecule has 3 nitrogen and oxygen atoms in total.